The Kier molecular flexibility index (Phi) is 7.42. The number of H-pyrrole nitrogens is 2. The van der Waals surface area contributed by atoms with E-state index in [2.05, 4.69) is 86.2 Å². The molecule has 0 unspecified atom stereocenters. The normalized spacial score (nSPS) is 44.4. The molecule has 0 radical (unpaired) electrons. The number of nitrogens with one attached hydrogen (secondary N) is 2. The Morgan fingerprint density at radius 1 is 0.577 bits per heavy atom. The summed E-state index contributed by atoms with van der Waals surface area (Å²) in [6.07, 6.45) is 11.2. The monoisotopic (exact) mass is 702 g/mol. The molecule has 0 saturated heterocycles. The van der Waals surface area contributed by atoms with Crippen molar-refractivity contribution in [1.82, 2.24) is 9.97 Å². The minimum Gasteiger partial charge on any atom is -0.392 e. The van der Waals surface area contributed by atoms with Gasteiger partial charge in [0, 0.05) is 44.0 Å². The maximum absolute atomic E-state index is 12.1. The highest BCUT2D eigenvalue weighted by Crippen LogP contribution is 2.71. The summed E-state index contributed by atoms with van der Waals surface area (Å²) in [5.41, 5.74) is 7.13. The Morgan fingerprint density at radius 2 is 0.962 bits per heavy atom. The first-order chi connectivity index (χ1) is 24.7. The van der Waals surface area contributed by atoms with Crippen LogP contribution < -0.4 is 0 Å². The Labute approximate surface area is 308 Å². The fraction of sp³-hybridized carbons (Fsp3) is 0.609. The van der Waals surface area contributed by atoms with E-state index in [9.17, 15) is 19.8 Å². The van der Waals surface area contributed by atoms with Gasteiger partial charge in [0.05, 0.1) is 23.0 Å². The zero-order chi connectivity index (χ0) is 36.6. The van der Waals surface area contributed by atoms with Crippen molar-refractivity contribution < 1.29 is 19.8 Å². The lowest BCUT2D eigenvalue weighted by molar-refractivity contribution is -0.168. The molecule has 52 heavy (non-hydrogen) atoms. The number of carbonyl (C=O) groups is 2. The summed E-state index contributed by atoms with van der Waals surface area (Å²) in [6, 6.07) is 17.3. The van der Waals surface area contributed by atoms with Gasteiger partial charge in [-0.25, -0.2) is 0 Å². The number of hydrogen-bond acceptors (Lipinski definition) is 4. The maximum atomic E-state index is 12.1. The summed E-state index contributed by atoms with van der Waals surface area (Å²) in [4.78, 5) is 31.8. The lowest BCUT2D eigenvalue weighted by Gasteiger charge is -2.63. The van der Waals surface area contributed by atoms with E-state index in [4.69, 9.17) is 0 Å². The molecule has 2 heterocycles. The van der Waals surface area contributed by atoms with Crippen LogP contribution >= 0.6 is 0 Å². The topological polar surface area (TPSA) is 106 Å². The summed E-state index contributed by atoms with van der Waals surface area (Å²) in [7, 11) is 0. The lowest BCUT2D eigenvalue weighted by atomic mass is 9.41. The first kappa shape index (κ1) is 34.5. The van der Waals surface area contributed by atoms with Crippen molar-refractivity contribution in [2.75, 3.05) is 0 Å². The number of aromatic amines is 2. The van der Waals surface area contributed by atoms with E-state index in [0.29, 0.717) is 11.8 Å². The van der Waals surface area contributed by atoms with Crippen molar-refractivity contribution in [2.24, 2.45) is 45.3 Å². The highest BCUT2D eigenvalue weighted by molar-refractivity contribution is 5.87. The molecule has 6 nitrogen and oxygen atoms in total. The summed E-state index contributed by atoms with van der Waals surface area (Å²) in [5.74, 6) is 1.71. The van der Waals surface area contributed by atoms with Gasteiger partial charge in [0.2, 0.25) is 0 Å². The van der Waals surface area contributed by atoms with Crippen molar-refractivity contribution in [1.29, 1.82) is 0 Å². The highest BCUT2D eigenvalue weighted by atomic mass is 16.3. The molecule has 4 aromatic rings. The summed E-state index contributed by atoms with van der Waals surface area (Å²) in [6.45, 7) is 13.7. The molecule has 6 aliphatic rings. The number of aromatic nitrogens is 2. The summed E-state index contributed by atoms with van der Waals surface area (Å²) < 4.78 is 0. The van der Waals surface area contributed by atoms with E-state index >= 15 is 0 Å². The number of fused-ring (bicyclic) bond motifs is 14. The molecule has 0 aliphatic heterocycles. The van der Waals surface area contributed by atoms with Crippen molar-refractivity contribution >= 4 is 34.4 Å². The van der Waals surface area contributed by atoms with Crippen LogP contribution in [-0.4, -0.2) is 45.0 Å². The van der Waals surface area contributed by atoms with Gasteiger partial charge in [-0.05, 0) is 122 Å². The van der Waals surface area contributed by atoms with Crippen molar-refractivity contribution in [2.45, 2.75) is 129 Å². The third-order valence-corrected chi connectivity index (χ3v) is 18.0. The third-order valence-electron chi connectivity index (χ3n) is 18.0. The number of hydrogen-bond donors (Lipinski definition) is 4. The van der Waals surface area contributed by atoms with E-state index in [-0.39, 0.29) is 33.5 Å². The van der Waals surface area contributed by atoms with Gasteiger partial charge in [0.15, 0.2) is 0 Å². The van der Waals surface area contributed by atoms with Crippen LogP contribution in [0.1, 0.15) is 115 Å². The number of aliphatic hydroxyl groups is 2. The van der Waals surface area contributed by atoms with Crippen LogP contribution in [0.5, 0.6) is 0 Å². The van der Waals surface area contributed by atoms with Crippen LogP contribution in [0, 0.1) is 45.3 Å². The smallest absolute Gasteiger partial charge is 0.128 e. The van der Waals surface area contributed by atoms with E-state index < -0.39 is 23.0 Å². The van der Waals surface area contributed by atoms with Crippen LogP contribution in [0.4, 0.5) is 0 Å². The maximum Gasteiger partial charge on any atom is 0.128 e. The minimum absolute atomic E-state index is 0.0247. The fourth-order valence-electron chi connectivity index (χ4n) is 14.5. The number of para-hydroxylation sites is 2. The summed E-state index contributed by atoms with van der Waals surface area (Å²) >= 11 is 0. The van der Waals surface area contributed by atoms with Crippen LogP contribution in [0.15, 0.2) is 48.5 Å². The molecule has 10 rings (SSSR count). The largest absolute Gasteiger partial charge is 0.392 e. The van der Waals surface area contributed by atoms with Crippen LogP contribution in [0.3, 0.4) is 0 Å². The molecular weight excluding hydrogens is 645 g/mol. The standard InChI is InChI=1S/2C23H29NO2/c2*1-21(13-25)18-9-8-14-12-16-15-6-4-5-7-17(15)24-20(16)23(14,3)22(18,2)11-10-19(21)26/h2*4-7,13-14,18-19,24,26H,8-12H2,1-3H3/t2*14-,18-,19+,21+,22+,23+/m00/s1. The first-order valence-corrected chi connectivity index (χ1v) is 20.2. The quantitative estimate of drug-likeness (QED) is 0.157. The number of rotatable bonds is 2. The van der Waals surface area contributed by atoms with Crippen LogP contribution in [0.2, 0.25) is 0 Å². The molecule has 0 spiro atoms. The Hall–Kier alpha value is -3.22. The summed E-state index contributed by atoms with van der Waals surface area (Å²) in [5, 5.41) is 24.1. The second-order valence-electron chi connectivity index (χ2n) is 19.4. The van der Waals surface area contributed by atoms with Crippen LogP contribution in [0.25, 0.3) is 21.8 Å². The molecular formula is C46H58N2O4. The molecule has 4 fully saturated rings. The average Bonchev–Trinajstić information content (AvgIpc) is 3.87. The van der Waals surface area contributed by atoms with E-state index in [1.54, 1.807) is 0 Å². The van der Waals surface area contributed by atoms with E-state index in [1.165, 1.54) is 44.3 Å². The van der Waals surface area contributed by atoms with E-state index in [1.807, 2.05) is 13.8 Å². The zero-order valence-electron chi connectivity index (χ0n) is 32.0. The molecule has 0 bridgehead atoms. The van der Waals surface area contributed by atoms with Gasteiger partial charge in [0.25, 0.3) is 0 Å². The van der Waals surface area contributed by atoms with E-state index in [0.717, 1.165) is 76.8 Å². The molecule has 0 amide bonds. The van der Waals surface area contributed by atoms with Crippen molar-refractivity contribution in [3.8, 4) is 0 Å². The molecule has 2 aromatic carbocycles. The highest BCUT2D eigenvalue weighted by Gasteiger charge is 2.68. The lowest BCUT2D eigenvalue weighted by Crippen LogP contribution is -2.62. The van der Waals surface area contributed by atoms with Gasteiger partial charge in [-0.3, -0.25) is 0 Å². The van der Waals surface area contributed by atoms with Crippen molar-refractivity contribution in [3.63, 3.8) is 0 Å². The Morgan fingerprint density at radius 3 is 1.35 bits per heavy atom. The predicted octanol–water partition coefficient (Wildman–Crippen LogP) is 8.75. The van der Waals surface area contributed by atoms with Crippen molar-refractivity contribution in [3.05, 3.63) is 71.0 Å². The van der Waals surface area contributed by atoms with Gasteiger partial charge in [-0.2, -0.15) is 0 Å². The van der Waals surface area contributed by atoms with Gasteiger partial charge >= 0.3 is 0 Å². The Bertz CT molecular complexity index is 1950. The van der Waals surface area contributed by atoms with Gasteiger partial charge in [0.1, 0.15) is 12.6 Å². The average molecular weight is 703 g/mol. The fourth-order valence-corrected chi connectivity index (χ4v) is 14.5. The Balaban J connectivity index is 0.000000138. The number of carbonyl (C=O) groups excluding carboxylic acids is 2. The minimum atomic E-state index is -0.629. The second-order valence-corrected chi connectivity index (χ2v) is 19.4. The zero-order valence-corrected chi connectivity index (χ0v) is 32.0. The number of aldehydes is 2. The molecule has 6 aliphatic carbocycles. The number of aliphatic hydroxyl groups excluding tert-OH is 2. The number of benzene rings is 2. The second kappa shape index (κ2) is 11.2. The molecule has 6 heteroatoms. The first-order valence-electron chi connectivity index (χ1n) is 20.2. The molecule has 2 aromatic heterocycles. The molecule has 4 N–H and O–H groups in total. The predicted molar refractivity (Wildman–Crippen MR) is 206 cm³/mol. The van der Waals surface area contributed by atoms with Crippen LogP contribution in [-0.2, 0) is 33.3 Å². The van der Waals surface area contributed by atoms with Gasteiger partial charge in [-0.15, -0.1) is 0 Å². The van der Waals surface area contributed by atoms with Gasteiger partial charge in [-0.1, -0.05) is 77.9 Å². The van der Waals surface area contributed by atoms with Gasteiger partial charge < -0.3 is 29.8 Å². The molecule has 4 saturated carbocycles. The third kappa shape index (κ3) is 3.99. The molecule has 276 valence electrons. The molecule has 12 atom stereocenters. The SMILES string of the molecule is C[C@]1(C=O)[C@H](O)CC[C@]2(C)[C@H]1CC[C@H]1Cc3c([nH]c4ccccc34)[C@@]12C.C[C@]1(C=O)[C@H](O)CC[C@]2(C)[C@H]1CC[C@H]1Cc3c([nH]c4ccccc34)[C@@]12C.